The van der Waals surface area contributed by atoms with Crippen molar-refractivity contribution in [3.63, 3.8) is 0 Å². The molecule has 0 heterocycles. The van der Waals surface area contributed by atoms with Gasteiger partial charge < -0.3 is 10.5 Å². The van der Waals surface area contributed by atoms with Gasteiger partial charge in [0.25, 0.3) is 0 Å². The molecule has 0 spiro atoms. The molecule has 1 rings (SSSR count). The summed E-state index contributed by atoms with van der Waals surface area (Å²) >= 11 is 0. The highest BCUT2D eigenvalue weighted by Crippen LogP contribution is 2.40. The van der Waals surface area contributed by atoms with Gasteiger partial charge in [0.05, 0.1) is 0 Å². The van der Waals surface area contributed by atoms with Gasteiger partial charge in [0, 0.05) is 11.8 Å². The zero-order chi connectivity index (χ0) is 12.0. The van der Waals surface area contributed by atoms with Crippen LogP contribution in [0, 0.1) is 5.41 Å². The summed E-state index contributed by atoms with van der Waals surface area (Å²) in [7, 11) is 0. The molecule has 16 heavy (non-hydrogen) atoms. The number of rotatable bonds is 6. The molecule has 0 aromatic carbocycles. The van der Waals surface area contributed by atoms with Gasteiger partial charge in [-0.25, -0.2) is 0 Å². The van der Waals surface area contributed by atoms with Gasteiger partial charge in [-0.05, 0) is 32.6 Å². The van der Waals surface area contributed by atoms with Gasteiger partial charge in [-0.1, -0.05) is 25.7 Å². The lowest BCUT2D eigenvalue weighted by molar-refractivity contribution is -0.130. The first kappa shape index (κ1) is 13.2. The van der Waals surface area contributed by atoms with Crippen molar-refractivity contribution < 1.29 is 9.59 Å². The Labute approximate surface area is 97.8 Å². The van der Waals surface area contributed by atoms with Crippen LogP contribution in [0.25, 0.3) is 0 Å². The number of unbranched alkanes of at least 4 members (excludes halogenated alkanes) is 1. The topological polar surface area (TPSA) is 60.2 Å². The van der Waals surface area contributed by atoms with E-state index in [-0.39, 0.29) is 17.1 Å². The van der Waals surface area contributed by atoms with Gasteiger partial charge in [-0.2, -0.15) is 0 Å². The average molecular weight is 225 g/mol. The van der Waals surface area contributed by atoms with Gasteiger partial charge in [0.15, 0.2) is 0 Å². The third-order valence-corrected chi connectivity index (χ3v) is 3.77. The van der Waals surface area contributed by atoms with Crippen LogP contribution in [0.1, 0.15) is 64.7 Å². The highest BCUT2D eigenvalue weighted by atomic mass is 16.1. The number of primary amides is 1. The van der Waals surface area contributed by atoms with Crippen LogP contribution in [-0.4, -0.2) is 11.7 Å². The predicted molar refractivity (Wildman–Crippen MR) is 63.9 cm³/mol. The summed E-state index contributed by atoms with van der Waals surface area (Å²) in [5.74, 6) is 0.104. The van der Waals surface area contributed by atoms with Crippen molar-refractivity contribution >= 4 is 11.7 Å². The highest BCUT2D eigenvalue weighted by Gasteiger charge is 2.36. The van der Waals surface area contributed by atoms with Crippen molar-refractivity contribution in [2.24, 2.45) is 11.1 Å². The molecule has 1 aliphatic rings. The van der Waals surface area contributed by atoms with Crippen LogP contribution in [0.5, 0.6) is 0 Å². The number of carbonyl (C=O) groups is 2. The molecule has 0 unspecified atom stereocenters. The number of Topliss-reactive ketones (excluding diaryl/α,β-unsaturated/α-hetero) is 1. The largest absolute Gasteiger partial charge is 0.369 e. The Balaban J connectivity index is 2.39. The molecule has 0 atom stereocenters. The number of carbonyl (C=O) groups excluding carboxylic acids is 2. The van der Waals surface area contributed by atoms with E-state index < -0.39 is 0 Å². The van der Waals surface area contributed by atoms with Crippen molar-refractivity contribution in [3.05, 3.63) is 0 Å². The lowest BCUT2D eigenvalue weighted by Crippen LogP contribution is -2.38. The fourth-order valence-corrected chi connectivity index (χ4v) is 2.69. The van der Waals surface area contributed by atoms with Gasteiger partial charge in [-0.15, -0.1) is 0 Å². The van der Waals surface area contributed by atoms with E-state index in [1.165, 1.54) is 6.42 Å². The van der Waals surface area contributed by atoms with E-state index in [2.05, 4.69) is 0 Å². The minimum Gasteiger partial charge on any atom is -0.369 e. The maximum atomic E-state index is 11.6. The molecule has 1 amide bonds. The molecule has 1 fully saturated rings. The van der Waals surface area contributed by atoms with E-state index in [4.69, 9.17) is 5.73 Å². The average Bonchev–Trinajstić information content (AvgIpc) is 2.25. The summed E-state index contributed by atoms with van der Waals surface area (Å²) in [5, 5.41) is 0. The fraction of sp³-hybridized carbons (Fsp3) is 0.846. The van der Waals surface area contributed by atoms with Crippen LogP contribution in [0.3, 0.4) is 0 Å². The Morgan fingerprint density at radius 1 is 1.12 bits per heavy atom. The van der Waals surface area contributed by atoms with Crippen LogP contribution < -0.4 is 5.73 Å². The predicted octanol–water partition coefficient (Wildman–Crippen LogP) is 2.57. The first-order chi connectivity index (χ1) is 7.57. The first-order valence-corrected chi connectivity index (χ1v) is 6.36. The lowest BCUT2D eigenvalue weighted by atomic mass is 9.70. The standard InChI is InChI=1S/C13H23NO2/c1-11(15)7-3-6-10-13(12(14)16)8-4-2-5-9-13/h2-10H2,1H3,(H2,14,16). The molecule has 0 bridgehead atoms. The number of hydrogen-bond acceptors (Lipinski definition) is 2. The summed E-state index contributed by atoms with van der Waals surface area (Å²) in [6.07, 6.45) is 8.70. The number of amides is 1. The smallest absolute Gasteiger partial charge is 0.223 e. The Bertz CT molecular complexity index is 255. The van der Waals surface area contributed by atoms with Gasteiger partial charge in [0.2, 0.25) is 5.91 Å². The van der Waals surface area contributed by atoms with Crippen molar-refractivity contribution in [3.8, 4) is 0 Å². The molecule has 3 nitrogen and oxygen atoms in total. The zero-order valence-electron chi connectivity index (χ0n) is 10.3. The Morgan fingerprint density at radius 2 is 1.75 bits per heavy atom. The van der Waals surface area contributed by atoms with E-state index >= 15 is 0 Å². The van der Waals surface area contributed by atoms with Gasteiger partial charge in [0.1, 0.15) is 5.78 Å². The second-order valence-corrected chi connectivity index (χ2v) is 5.11. The zero-order valence-corrected chi connectivity index (χ0v) is 10.3. The molecule has 0 saturated heterocycles. The first-order valence-electron chi connectivity index (χ1n) is 6.36. The maximum absolute atomic E-state index is 11.6. The van der Waals surface area contributed by atoms with Gasteiger partial charge >= 0.3 is 0 Å². The molecule has 0 aromatic rings. The summed E-state index contributed by atoms with van der Waals surface area (Å²) in [5.41, 5.74) is 5.28. The summed E-state index contributed by atoms with van der Waals surface area (Å²) in [6.45, 7) is 1.62. The molecule has 0 aliphatic heterocycles. The Morgan fingerprint density at radius 3 is 2.25 bits per heavy atom. The van der Waals surface area contributed by atoms with E-state index in [0.29, 0.717) is 6.42 Å². The highest BCUT2D eigenvalue weighted by molar-refractivity contribution is 5.80. The quantitative estimate of drug-likeness (QED) is 0.706. The molecule has 2 N–H and O–H groups in total. The normalized spacial score (nSPS) is 19.3. The minimum absolute atomic E-state index is 0.130. The van der Waals surface area contributed by atoms with Crippen molar-refractivity contribution in [2.75, 3.05) is 0 Å². The van der Waals surface area contributed by atoms with Gasteiger partial charge in [-0.3, -0.25) is 4.79 Å². The molecule has 1 saturated carbocycles. The molecule has 3 heteroatoms. The molecular formula is C13H23NO2. The van der Waals surface area contributed by atoms with E-state index in [9.17, 15) is 9.59 Å². The Hall–Kier alpha value is -0.860. The lowest BCUT2D eigenvalue weighted by Gasteiger charge is -2.34. The molecule has 1 aliphatic carbocycles. The maximum Gasteiger partial charge on any atom is 0.223 e. The third-order valence-electron chi connectivity index (χ3n) is 3.77. The van der Waals surface area contributed by atoms with E-state index in [0.717, 1.165) is 44.9 Å². The second kappa shape index (κ2) is 6.02. The van der Waals surface area contributed by atoms with E-state index in [1.54, 1.807) is 6.92 Å². The van der Waals surface area contributed by atoms with Crippen molar-refractivity contribution in [2.45, 2.75) is 64.7 Å². The minimum atomic E-state index is -0.255. The number of ketones is 1. The summed E-state index contributed by atoms with van der Waals surface area (Å²) < 4.78 is 0. The van der Waals surface area contributed by atoms with Crippen LogP contribution in [0.4, 0.5) is 0 Å². The molecule has 0 radical (unpaired) electrons. The third kappa shape index (κ3) is 3.62. The molecule has 92 valence electrons. The second-order valence-electron chi connectivity index (χ2n) is 5.11. The summed E-state index contributed by atoms with van der Waals surface area (Å²) in [4.78, 5) is 22.4. The van der Waals surface area contributed by atoms with Crippen LogP contribution in [0.2, 0.25) is 0 Å². The van der Waals surface area contributed by atoms with Crippen LogP contribution in [-0.2, 0) is 9.59 Å². The van der Waals surface area contributed by atoms with Crippen LogP contribution >= 0.6 is 0 Å². The van der Waals surface area contributed by atoms with Crippen LogP contribution in [0.15, 0.2) is 0 Å². The molecule has 0 aromatic heterocycles. The van der Waals surface area contributed by atoms with Crippen molar-refractivity contribution in [1.82, 2.24) is 0 Å². The molecular weight excluding hydrogens is 202 g/mol. The van der Waals surface area contributed by atoms with Crippen molar-refractivity contribution in [1.29, 1.82) is 0 Å². The number of hydrogen-bond donors (Lipinski definition) is 1. The SMILES string of the molecule is CC(=O)CCCCC1(C(N)=O)CCCCC1. The van der Waals surface area contributed by atoms with E-state index in [1.807, 2.05) is 0 Å². The summed E-state index contributed by atoms with van der Waals surface area (Å²) in [6, 6.07) is 0. The monoisotopic (exact) mass is 225 g/mol. The fourth-order valence-electron chi connectivity index (χ4n) is 2.69. The number of nitrogens with two attached hydrogens (primary N) is 1. The Kier molecular flexibility index (Phi) is 4.97.